The molecule has 1 saturated carbocycles. The Labute approximate surface area is 173 Å². The third-order valence-electron chi connectivity index (χ3n) is 5.76. The second kappa shape index (κ2) is 8.69. The first-order chi connectivity index (χ1) is 13.6. The lowest BCUT2D eigenvalue weighted by Crippen LogP contribution is -2.34. The first-order valence-corrected chi connectivity index (χ1v) is 11.8. The van der Waals surface area contributed by atoms with Gasteiger partial charge in [0.25, 0.3) is 0 Å². The molecule has 2 aromatic rings. The molecule has 0 spiro atoms. The van der Waals surface area contributed by atoms with E-state index in [0.717, 1.165) is 49.4 Å². The van der Waals surface area contributed by atoms with Gasteiger partial charge in [-0.15, -0.1) is 22.7 Å². The summed E-state index contributed by atoms with van der Waals surface area (Å²) < 4.78 is 0. The maximum absolute atomic E-state index is 12.8. The quantitative estimate of drug-likeness (QED) is 0.707. The van der Waals surface area contributed by atoms with E-state index in [1.807, 2.05) is 5.38 Å². The van der Waals surface area contributed by atoms with Crippen LogP contribution in [-0.2, 0) is 22.4 Å². The van der Waals surface area contributed by atoms with Crippen molar-refractivity contribution < 1.29 is 9.59 Å². The fourth-order valence-corrected chi connectivity index (χ4v) is 6.03. The number of carbonyl (C=O) groups excluding carboxylic acids is 2. The molecule has 0 unspecified atom stereocenters. The summed E-state index contributed by atoms with van der Waals surface area (Å²) in [6, 6.07) is 0. The highest BCUT2D eigenvalue weighted by atomic mass is 32.1. The lowest BCUT2D eigenvalue weighted by atomic mass is 9.69. The second-order valence-corrected chi connectivity index (χ2v) is 9.92. The van der Waals surface area contributed by atoms with E-state index in [9.17, 15) is 9.59 Å². The van der Waals surface area contributed by atoms with Gasteiger partial charge in [0.15, 0.2) is 10.3 Å². The third kappa shape index (κ3) is 4.78. The van der Waals surface area contributed by atoms with Gasteiger partial charge in [-0.05, 0) is 43.9 Å². The highest BCUT2D eigenvalue weighted by Gasteiger charge is 2.36. The Morgan fingerprint density at radius 2 is 1.68 bits per heavy atom. The van der Waals surface area contributed by atoms with Crippen LogP contribution in [0.4, 0.5) is 10.3 Å². The molecule has 4 rings (SSSR count). The number of aryl methyl sites for hydroxylation is 2. The van der Waals surface area contributed by atoms with Crippen molar-refractivity contribution in [1.29, 1.82) is 0 Å². The van der Waals surface area contributed by atoms with Gasteiger partial charge in [-0.1, -0.05) is 19.3 Å². The van der Waals surface area contributed by atoms with Crippen LogP contribution in [0.1, 0.15) is 68.4 Å². The smallest absolute Gasteiger partial charge is 0.226 e. The molecule has 0 radical (unpaired) electrons. The molecule has 0 bridgehead atoms. The molecule has 0 saturated heterocycles. The summed E-state index contributed by atoms with van der Waals surface area (Å²) in [7, 11) is 0. The van der Waals surface area contributed by atoms with Crippen LogP contribution in [0.2, 0.25) is 0 Å². The number of carbonyl (C=O) groups is 2. The molecular formula is C20H26N4O2S2. The molecular weight excluding hydrogens is 392 g/mol. The van der Waals surface area contributed by atoms with Crippen LogP contribution >= 0.6 is 22.7 Å². The Balaban J connectivity index is 1.39. The van der Waals surface area contributed by atoms with E-state index >= 15 is 0 Å². The van der Waals surface area contributed by atoms with Gasteiger partial charge < -0.3 is 10.6 Å². The van der Waals surface area contributed by atoms with E-state index in [-0.39, 0.29) is 17.2 Å². The highest BCUT2D eigenvalue weighted by molar-refractivity contribution is 7.15. The zero-order chi connectivity index (χ0) is 19.4. The molecule has 0 aliphatic heterocycles. The van der Waals surface area contributed by atoms with Gasteiger partial charge in [-0.2, -0.15) is 0 Å². The van der Waals surface area contributed by atoms with Gasteiger partial charge in [-0.3, -0.25) is 9.59 Å². The molecule has 0 atom stereocenters. The van der Waals surface area contributed by atoms with Crippen molar-refractivity contribution in [2.75, 3.05) is 10.6 Å². The number of nitrogens with one attached hydrogen (secondary N) is 2. The van der Waals surface area contributed by atoms with Crippen LogP contribution in [0, 0.1) is 5.41 Å². The van der Waals surface area contributed by atoms with Gasteiger partial charge in [0.2, 0.25) is 11.8 Å². The topological polar surface area (TPSA) is 84.0 Å². The van der Waals surface area contributed by atoms with E-state index in [0.29, 0.717) is 18.0 Å². The number of thiazole rings is 2. The van der Waals surface area contributed by atoms with Gasteiger partial charge in [0, 0.05) is 29.3 Å². The first-order valence-electron chi connectivity index (χ1n) is 10.1. The number of hydrogen-bond acceptors (Lipinski definition) is 6. The predicted molar refractivity (Wildman–Crippen MR) is 113 cm³/mol. The standard InChI is InChI=1S/C20H26N4O2S2/c25-16(23-18-21-10-11-27-18)12-20(8-4-1-5-9-20)13-17(26)24-19-22-14-6-2-3-7-15(14)28-19/h10-11H,1-9,12-13H2,(H,21,23,25)(H,22,24,26). The Morgan fingerprint density at radius 1 is 0.964 bits per heavy atom. The number of fused-ring (bicyclic) bond motifs is 1. The Bertz CT molecular complexity index is 802. The number of amides is 2. The lowest BCUT2D eigenvalue weighted by molar-refractivity contribution is -0.122. The van der Waals surface area contributed by atoms with E-state index < -0.39 is 0 Å². The van der Waals surface area contributed by atoms with Crippen LogP contribution in [0.5, 0.6) is 0 Å². The minimum Gasteiger partial charge on any atom is -0.302 e. The molecule has 2 N–H and O–H groups in total. The summed E-state index contributed by atoms with van der Waals surface area (Å²) in [5.74, 6) is -0.0654. The van der Waals surface area contributed by atoms with Crippen LogP contribution in [0.25, 0.3) is 0 Å². The zero-order valence-electron chi connectivity index (χ0n) is 16.0. The van der Waals surface area contributed by atoms with E-state index in [1.165, 1.54) is 35.5 Å². The number of aromatic nitrogens is 2. The molecule has 0 aromatic carbocycles. The summed E-state index contributed by atoms with van der Waals surface area (Å²) in [6.45, 7) is 0. The van der Waals surface area contributed by atoms with Gasteiger partial charge >= 0.3 is 0 Å². The zero-order valence-corrected chi connectivity index (χ0v) is 17.6. The normalized spacial score (nSPS) is 18.3. The van der Waals surface area contributed by atoms with Crippen molar-refractivity contribution in [1.82, 2.24) is 9.97 Å². The van der Waals surface area contributed by atoms with Gasteiger partial charge in [0.1, 0.15) is 0 Å². The summed E-state index contributed by atoms with van der Waals surface area (Å²) in [6.07, 6.45) is 12.1. The Hall–Kier alpha value is -1.80. The number of hydrogen-bond donors (Lipinski definition) is 2. The summed E-state index contributed by atoms with van der Waals surface area (Å²) >= 11 is 3.02. The van der Waals surface area contributed by atoms with Crippen molar-refractivity contribution in [3.63, 3.8) is 0 Å². The third-order valence-corrected chi connectivity index (χ3v) is 7.52. The van der Waals surface area contributed by atoms with E-state index in [2.05, 4.69) is 20.6 Å². The monoisotopic (exact) mass is 418 g/mol. The average molecular weight is 419 g/mol. The van der Waals surface area contributed by atoms with Crippen LogP contribution in [0.15, 0.2) is 11.6 Å². The highest BCUT2D eigenvalue weighted by Crippen LogP contribution is 2.43. The second-order valence-electron chi connectivity index (χ2n) is 7.94. The number of anilines is 2. The van der Waals surface area contributed by atoms with Crippen LogP contribution in [-0.4, -0.2) is 21.8 Å². The molecule has 2 heterocycles. The van der Waals surface area contributed by atoms with Crippen molar-refractivity contribution >= 4 is 44.8 Å². The molecule has 8 heteroatoms. The maximum atomic E-state index is 12.8. The van der Waals surface area contributed by atoms with Gasteiger partial charge in [0.05, 0.1) is 5.69 Å². The fraction of sp³-hybridized carbons (Fsp3) is 0.600. The molecule has 1 fully saturated rings. The largest absolute Gasteiger partial charge is 0.302 e. The van der Waals surface area contributed by atoms with Crippen molar-refractivity contribution in [3.8, 4) is 0 Å². The molecule has 2 aromatic heterocycles. The predicted octanol–water partition coefficient (Wildman–Crippen LogP) is 4.79. The fourth-order valence-electron chi connectivity index (χ4n) is 4.42. The lowest BCUT2D eigenvalue weighted by Gasteiger charge is -2.36. The first kappa shape index (κ1) is 19.5. The van der Waals surface area contributed by atoms with Crippen molar-refractivity contribution in [3.05, 3.63) is 22.1 Å². The molecule has 150 valence electrons. The molecule has 28 heavy (non-hydrogen) atoms. The molecule has 2 amide bonds. The Kier molecular flexibility index (Phi) is 6.06. The SMILES string of the molecule is O=C(CC1(CC(=O)Nc2nc3c(s2)CCCC3)CCCCC1)Nc1nccs1. The van der Waals surface area contributed by atoms with E-state index in [4.69, 9.17) is 0 Å². The van der Waals surface area contributed by atoms with Gasteiger partial charge in [-0.25, -0.2) is 9.97 Å². The van der Waals surface area contributed by atoms with Crippen molar-refractivity contribution in [2.45, 2.75) is 70.6 Å². The number of nitrogens with zero attached hydrogens (tertiary/aromatic N) is 2. The number of rotatable bonds is 6. The van der Waals surface area contributed by atoms with E-state index in [1.54, 1.807) is 17.5 Å². The van der Waals surface area contributed by atoms with Crippen LogP contribution < -0.4 is 10.6 Å². The average Bonchev–Trinajstić information content (AvgIpc) is 3.30. The Morgan fingerprint density at radius 3 is 2.36 bits per heavy atom. The summed E-state index contributed by atoms with van der Waals surface area (Å²) in [4.78, 5) is 35.4. The van der Waals surface area contributed by atoms with Crippen LogP contribution in [0.3, 0.4) is 0 Å². The minimum atomic E-state index is -0.263. The molecule has 6 nitrogen and oxygen atoms in total. The summed E-state index contributed by atoms with van der Waals surface area (Å²) in [5, 5.41) is 9.07. The summed E-state index contributed by atoms with van der Waals surface area (Å²) in [5.41, 5.74) is 0.891. The molecule has 2 aliphatic rings. The molecule has 2 aliphatic carbocycles. The maximum Gasteiger partial charge on any atom is 0.226 e. The minimum absolute atomic E-state index is 0.0185. The van der Waals surface area contributed by atoms with Crippen molar-refractivity contribution in [2.24, 2.45) is 5.41 Å².